The van der Waals surface area contributed by atoms with E-state index in [9.17, 15) is 14.0 Å². The lowest BCUT2D eigenvalue weighted by molar-refractivity contribution is -0.140. The van der Waals surface area contributed by atoms with Crippen LogP contribution in [0.3, 0.4) is 0 Å². The van der Waals surface area contributed by atoms with Gasteiger partial charge in [-0.15, -0.1) is 0 Å². The third-order valence-electron chi connectivity index (χ3n) is 4.92. The normalized spacial score (nSPS) is 15.4. The molecular formula is C19H28FN3O2. The van der Waals surface area contributed by atoms with E-state index in [1.54, 1.807) is 28.9 Å². The number of hydrogen-bond acceptors (Lipinski definition) is 3. The fourth-order valence-corrected chi connectivity index (χ4v) is 2.96. The van der Waals surface area contributed by atoms with Crippen molar-refractivity contribution < 1.29 is 14.0 Å². The number of likely N-dealkylation sites (tertiary alicyclic amines) is 1. The first-order chi connectivity index (χ1) is 11.8. The Labute approximate surface area is 149 Å². The third kappa shape index (κ3) is 4.94. The van der Waals surface area contributed by atoms with Gasteiger partial charge >= 0.3 is 0 Å². The lowest BCUT2D eigenvalue weighted by Gasteiger charge is -2.34. The van der Waals surface area contributed by atoms with Crippen molar-refractivity contribution in [3.8, 4) is 0 Å². The second kappa shape index (κ2) is 8.32. The lowest BCUT2D eigenvalue weighted by atomic mass is 9.95. The van der Waals surface area contributed by atoms with Gasteiger partial charge in [0.05, 0.1) is 6.54 Å². The van der Waals surface area contributed by atoms with Gasteiger partial charge in [0.15, 0.2) is 0 Å². The molecule has 0 atom stereocenters. The summed E-state index contributed by atoms with van der Waals surface area (Å²) in [6.07, 6.45) is 1.41. The zero-order valence-corrected chi connectivity index (χ0v) is 15.5. The number of benzene rings is 1. The van der Waals surface area contributed by atoms with E-state index in [1.807, 2.05) is 20.9 Å². The van der Waals surface area contributed by atoms with Crippen LogP contribution in [0.4, 0.5) is 10.1 Å². The average molecular weight is 349 g/mol. The summed E-state index contributed by atoms with van der Waals surface area (Å²) in [7, 11) is 1.83. The maximum atomic E-state index is 13.3. The summed E-state index contributed by atoms with van der Waals surface area (Å²) in [6.45, 7) is 7.07. The van der Waals surface area contributed by atoms with Crippen molar-refractivity contribution in [3.63, 3.8) is 0 Å². The number of carbonyl (C=O) groups is 2. The van der Waals surface area contributed by atoms with E-state index < -0.39 is 0 Å². The number of amides is 2. The molecule has 2 amide bonds. The highest BCUT2D eigenvalue weighted by Gasteiger charge is 2.29. The van der Waals surface area contributed by atoms with Gasteiger partial charge in [-0.1, -0.05) is 0 Å². The SMILES string of the molecule is Cc1cc(NCC(=O)N2CCC(C(=O)N(C)C(C)C)CC2)ccc1F. The number of hydrogen-bond donors (Lipinski definition) is 1. The highest BCUT2D eigenvalue weighted by molar-refractivity contribution is 5.82. The van der Waals surface area contributed by atoms with Crippen molar-refractivity contribution in [2.75, 3.05) is 32.0 Å². The molecular weight excluding hydrogens is 321 g/mol. The van der Waals surface area contributed by atoms with Crippen LogP contribution in [-0.4, -0.2) is 54.3 Å². The first kappa shape index (κ1) is 19.2. The van der Waals surface area contributed by atoms with E-state index >= 15 is 0 Å². The van der Waals surface area contributed by atoms with Crippen LogP contribution >= 0.6 is 0 Å². The standard InChI is InChI=1S/C19H28FN3O2/c1-13(2)22(4)19(25)15-7-9-23(10-8-15)18(24)12-21-16-5-6-17(20)14(3)11-16/h5-6,11,13,15,21H,7-10,12H2,1-4H3. The molecule has 6 heteroatoms. The predicted molar refractivity (Wildman–Crippen MR) is 96.8 cm³/mol. The summed E-state index contributed by atoms with van der Waals surface area (Å²) < 4.78 is 13.3. The number of halogens is 1. The van der Waals surface area contributed by atoms with Crippen LogP contribution in [-0.2, 0) is 9.59 Å². The van der Waals surface area contributed by atoms with Crippen LogP contribution in [0.25, 0.3) is 0 Å². The van der Waals surface area contributed by atoms with Gasteiger partial charge in [-0.3, -0.25) is 9.59 Å². The summed E-state index contributed by atoms with van der Waals surface area (Å²) in [5.41, 5.74) is 1.28. The molecule has 1 saturated heterocycles. The van der Waals surface area contributed by atoms with Crippen LogP contribution in [0.15, 0.2) is 18.2 Å². The molecule has 2 rings (SSSR count). The Morgan fingerprint density at radius 1 is 1.32 bits per heavy atom. The minimum atomic E-state index is -0.255. The van der Waals surface area contributed by atoms with E-state index in [1.165, 1.54) is 6.07 Å². The summed E-state index contributed by atoms with van der Waals surface area (Å²) in [6, 6.07) is 4.90. The summed E-state index contributed by atoms with van der Waals surface area (Å²) in [4.78, 5) is 28.3. The summed E-state index contributed by atoms with van der Waals surface area (Å²) in [5.74, 6) is -0.0776. The van der Waals surface area contributed by atoms with Gasteiger partial charge in [-0.05, 0) is 57.4 Å². The molecule has 5 nitrogen and oxygen atoms in total. The van der Waals surface area contributed by atoms with E-state index in [0.29, 0.717) is 31.5 Å². The lowest BCUT2D eigenvalue weighted by Crippen LogP contribution is -2.46. The number of anilines is 1. The molecule has 138 valence electrons. The van der Waals surface area contributed by atoms with E-state index in [-0.39, 0.29) is 36.1 Å². The molecule has 1 N–H and O–H groups in total. The van der Waals surface area contributed by atoms with Gasteiger partial charge < -0.3 is 15.1 Å². The van der Waals surface area contributed by atoms with Gasteiger partial charge in [0, 0.05) is 37.8 Å². The molecule has 0 spiro atoms. The maximum Gasteiger partial charge on any atom is 0.241 e. The predicted octanol–water partition coefficient (Wildman–Crippen LogP) is 2.65. The minimum absolute atomic E-state index is 0.00385. The van der Waals surface area contributed by atoms with Crippen LogP contribution in [0.1, 0.15) is 32.3 Å². The molecule has 1 heterocycles. The van der Waals surface area contributed by atoms with Crippen LogP contribution in [0.5, 0.6) is 0 Å². The molecule has 0 bridgehead atoms. The van der Waals surface area contributed by atoms with Crippen molar-refractivity contribution in [3.05, 3.63) is 29.6 Å². The van der Waals surface area contributed by atoms with Crippen molar-refractivity contribution in [2.45, 2.75) is 39.7 Å². The quantitative estimate of drug-likeness (QED) is 0.889. The van der Waals surface area contributed by atoms with Gasteiger partial charge in [0.2, 0.25) is 11.8 Å². The van der Waals surface area contributed by atoms with Crippen LogP contribution in [0, 0.1) is 18.7 Å². The molecule has 0 aromatic heterocycles. The minimum Gasteiger partial charge on any atom is -0.376 e. The van der Waals surface area contributed by atoms with E-state index in [0.717, 1.165) is 5.69 Å². The molecule has 0 aliphatic carbocycles. The Kier molecular flexibility index (Phi) is 6.39. The van der Waals surface area contributed by atoms with Crippen molar-refractivity contribution in [1.29, 1.82) is 0 Å². The second-order valence-corrected chi connectivity index (χ2v) is 7.02. The van der Waals surface area contributed by atoms with Crippen molar-refractivity contribution in [2.24, 2.45) is 5.92 Å². The molecule has 1 fully saturated rings. The molecule has 1 aliphatic rings. The van der Waals surface area contributed by atoms with Crippen LogP contribution < -0.4 is 5.32 Å². The topological polar surface area (TPSA) is 52.7 Å². The van der Waals surface area contributed by atoms with E-state index in [4.69, 9.17) is 0 Å². The Hall–Kier alpha value is -2.11. The van der Waals surface area contributed by atoms with Crippen molar-refractivity contribution >= 4 is 17.5 Å². The number of piperidine rings is 1. The Bertz CT molecular complexity index is 625. The van der Waals surface area contributed by atoms with Gasteiger partial charge in [-0.25, -0.2) is 4.39 Å². The third-order valence-corrected chi connectivity index (χ3v) is 4.92. The highest BCUT2D eigenvalue weighted by Crippen LogP contribution is 2.20. The van der Waals surface area contributed by atoms with Gasteiger partial charge in [0.25, 0.3) is 0 Å². The fraction of sp³-hybridized carbons (Fsp3) is 0.579. The highest BCUT2D eigenvalue weighted by atomic mass is 19.1. The van der Waals surface area contributed by atoms with Crippen LogP contribution in [0.2, 0.25) is 0 Å². The largest absolute Gasteiger partial charge is 0.376 e. The fourth-order valence-electron chi connectivity index (χ4n) is 2.96. The maximum absolute atomic E-state index is 13.3. The molecule has 25 heavy (non-hydrogen) atoms. The molecule has 0 unspecified atom stereocenters. The zero-order valence-electron chi connectivity index (χ0n) is 15.5. The van der Waals surface area contributed by atoms with Gasteiger partial charge in [0.1, 0.15) is 5.82 Å². The molecule has 0 saturated carbocycles. The Morgan fingerprint density at radius 2 is 1.96 bits per heavy atom. The second-order valence-electron chi connectivity index (χ2n) is 7.02. The molecule has 1 aromatic carbocycles. The molecule has 1 aromatic rings. The zero-order chi connectivity index (χ0) is 18.6. The smallest absolute Gasteiger partial charge is 0.241 e. The Balaban J connectivity index is 1.81. The number of rotatable bonds is 5. The number of nitrogens with one attached hydrogen (secondary N) is 1. The monoisotopic (exact) mass is 349 g/mol. The van der Waals surface area contributed by atoms with Crippen molar-refractivity contribution in [1.82, 2.24) is 9.80 Å². The van der Waals surface area contributed by atoms with E-state index in [2.05, 4.69) is 5.32 Å². The number of nitrogens with zero attached hydrogens (tertiary/aromatic N) is 2. The summed E-state index contributed by atoms with van der Waals surface area (Å²) >= 11 is 0. The number of aryl methyl sites for hydroxylation is 1. The van der Waals surface area contributed by atoms with Gasteiger partial charge in [-0.2, -0.15) is 0 Å². The molecule has 1 aliphatic heterocycles. The average Bonchev–Trinajstić information content (AvgIpc) is 2.61. The Morgan fingerprint density at radius 3 is 2.52 bits per heavy atom. The summed E-state index contributed by atoms with van der Waals surface area (Å²) in [5, 5.41) is 3.04. The number of carbonyl (C=O) groups excluding carboxylic acids is 2. The molecule has 0 radical (unpaired) electrons. The first-order valence-electron chi connectivity index (χ1n) is 8.84. The first-order valence-corrected chi connectivity index (χ1v) is 8.84.